The highest BCUT2D eigenvalue weighted by Crippen LogP contribution is 2.24. The standard InChI is InChI=1S/C27H37N7O4S/c1-4-5-14-34(27(35)30-23-18-29-32(2)20-23)24-12-15-33(16-13-24)19-21-6-11-26(28-17-21)38-25-9-7-22(8-10-25)31-39(3,36)37/h6-11,17-18,20,24,31H,4-5,12-16,19H2,1-3H3,(H,30,35). The Balaban J connectivity index is 1.27. The highest BCUT2D eigenvalue weighted by atomic mass is 32.2. The molecule has 12 heteroatoms. The number of urea groups is 1. The van der Waals surface area contributed by atoms with Crippen LogP contribution in [0.1, 0.15) is 38.2 Å². The Kier molecular flexibility index (Phi) is 9.41. The second-order valence-electron chi connectivity index (χ2n) is 9.89. The number of sulfonamides is 1. The monoisotopic (exact) mass is 555 g/mol. The van der Waals surface area contributed by atoms with Gasteiger partial charge in [-0.25, -0.2) is 18.2 Å². The molecule has 1 fully saturated rings. The predicted molar refractivity (Wildman–Crippen MR) is 151 cm³/mol. The molecule has 0 unspecified atom stereocenters. The minimum absolute atomic E-state index is 0.0593. The number of nitrogens with one attached hydrogen (secondary N) is 2. The number of rotatable bonds is 11. The number of ether oxygens (including phenoxy) is 1. The molecule has 0 saturated carbocycles. The average Bonchev–Trinajstić information content (AvgIpc) is 3.31. The van der Waals surface area contributed by atoms with Gasteiger partial charge in [0.25, 0.3) is 0 Å². The molecule has 2 aromatic heterocycles. The zero-order valence-corrected chi connectivity index (χ0v) is 23.5. The van der Waals surface area contributed by atoms with E-state index in [1.54, 1.807) is 41.3 Å². The van der Waals surface area contributed by atoms with Crippen LogP contribution in [0.15, 0.2) is 55.0 Å². The van der Waals surface area contributed by atoms with Gasteiger partial charge >= 0.3 is 6.03 Å². The third-order valence-corrected chi connectivity index (χ3v) is 7.16. The van der Waals surface area contributed by atoms with Gasteiger partial charge in [0.05, 0.1) is 18.1 Å². The first kappa shape index (κ1) is 28.4. The number of nitrogens with zero attached hydrogens (tertiary/aromatic N) is 5. The highest BCUT2D eigenvalue weighted by molar-refractivity contribution is 7.92. The number of pyridine rings is 1. The van der Waals surface area contributed by atoms with Gasteiger partial charge in [-0.2, -0.15) is 5.10 Å². The summed E-state index contributed by atoms with van der Waals surface area (Å²) >= 11 is 0. The van der Waals surface area contributed by atoms with E-state index >= 15 is 0 Å². The molecule has 0 spiro atoms. The molecule has 1 aromatic carbocycles. The summed E-state index contributed by atoms with van der Waals surface area (Å²) in [6.45, 7) is 5.47. The molecule has 0 radical (unpaired) electrons. The lowest BCUT2D eigenvalue weighted by Crippen LogP contribution is -2.49. The fourth-order valence-electron chi connectivity index (χ4n) is 4.60. The molecule has 210 valence electrons. The lowest BCUT2D eigenvalue weighted by atomic mass is 10.0. The Morgan fingerprint density at radius 3 is 2.44 bits per heavy atom. The largest absolute Gasteiger partial charge is 0.439 e. The second kappa shape index (κ2) is 12.9. The minimum atomic E-state index is -3.32. The second-order valence-corrected chi connectivity index (χ2v) is 11.6. The number of aryl methyl sites for hydroxylation is 1. The molecule has 1 aliphatic heterocycles. The number of carbonyl (C=O) groups excluding carboxylic acids is 1. The smallest absolute Gasteiger partial charge is 0.322 e. The summed E-state index contributed by atoms with van der Waals surface area (Å²) in [5.74, 6) is 1.03. The number of aromatic nitrogens is 3. The van der Waals surface area contributed by atoms with Crippen LogP contribution in [0.2, 0.25) is 0 Å². The molecule has 1 aliphatic rings. The van der Waals surface area contributed by atoms with E-state index in [4.69, 9.17) is 4.74 Å². The maximum atomic E-state index is 13.1. The van der Waals surface area contributed by atoms with E-state index in [2.05, 4.69) is 31.9 Å². The third-order valence-electron chi connectivity index (χ3n) is 6.55. The van der Waals surface area contributed by atoms with Gasteiger partial charge in [-0.15, -0.1) is 0 Å². The highest BCUT2D eigenvalue weighted by Gasteiger charge is 2.28. The van der Waals surface area contributed by atoms with Crippen molar-refractivity contribution in [2.24, 2.45) is 7.05 Å². The first-order valence-electron chi connectivity index (χ1n) is 13.2. The van der Waals surface area contributed by atoms with Gasteiger partial charge in [-0.3, -0.25) is 14.3 Å². The Bertz CT molecular complexity index is 1320. The Hall–Kier alpha value is -3.64. The molecule has 11 nitrogen and oxygen atoms in total. The van der Waals surface area contributed by atoms with E-state index in [9.17, 15) is 13.2 Å². The number of benzene rings is 1. The van der Waals surface area contributed by atoms with Gasteiger partial charge in [0.15, 0.2) is 0 Å². The molecule has 4 rings (SSSR count). The van der Waals surface area contributed by atoms with Crippen LogP contribution in [-0.4, -0.2) is 70.9 Å². The van der Waals surface area contributed by atoms with Gasteiger partial charge in [-0.1, -0.05) is 19.4 Å². The zero-order valence-electron chi connectivity index (χ0n) is 22.7. The van der Waals surface area contributed by atoms with Crippen molar-refractivity contribution in [3.63, 3.8) is 0 Å². The van der Waals surface area contributed by atoms with Gasteiger partial charge < -0.3 is 15.0 Å². The van der Waals surface area contributed by atoms with Crippen LogP contribution in [0.5, 0.6) is 11.6 Å². The topological polar surface area (TPSA) is 122 Å². The van der Waals surface area contributed by atoms with Crippen molar-refractivity contribution in [3.8, 4) is 11.6 Å². The van der Waals surface area contributed by atoms with E-state index in [-0.39, 0.29) is 12.1 Å². The van der Waals surface area contributed by atoms with Crippen LogP contribution >= 0.6 is 0 Å². The zero-order chi connectivity index (χ0) is 27.8. The number of amides is 2. The summed E-state index contributed by atoms with van der Waals surface area (Å²) < 4.78 is 32.6. The minimum Gasteiger partial charge on any atom is -0.439 e. The van der Waals surface area contributed by atoms with Crippen molar-refractivity contribution in [3.05, 3.63) is 60.6 Å². The fraction of sp³-hybridized carbons (Fsp3) is 0.444. The predicted octanol–water partition coefficient (Wildman–Crippen LogP) is 4.28. The molecule has 1 saturated heterocycles. The number of likely N-dealkylation sites (tertiary alicyclic amines) is 1. The summed E-state index contributed by atoms with van der Waals surface area (Å²) in [6, 6.07) is 10.6. The maximum absolute atomic E-state index is 13.1. The molecular weight excluding hydrogens is 518 g/mol. The quantitative estimate of drug-likeness (QED) is 0.362. The first-order valence-corrected chi connectivity index (χ1v) is 15.1. The Labute approximate surface area is 230 Å². The SMILES string of the molecule is CCCCN(C(=O)Nc1cnn(C)c1)C1CCN(Cc2ccc(Oc3ccc(NS(C)(=O)=O)cc3)nc2)CC1. The lowest BCUT2D eigenvalue weighted by Gasteiger charge is -2.38. The normalized spacial score (nSPS) is 14.6. The number of piperidine rings is 1. The number of unbranched alkanes of at least 4 members (excludes halogenated alkanes) is 1. The fourth-order valence-corrected chi connectivity index (χ4v) is 5.16. The number of hydrogen-bond acceptors (Lipinski definition) is 7. The molecule has 0 aliphatic carbocycles. The van der Waals surface area contributed by atoms with Crippen molar-refractivity contribution < 1.29 is 17.9 Å². The van der Waals surface area contributed by atoms with Crippen molar-refractivity contribution in [1.82, 2.24) is 24.6 Å². The number of carbonyl (C=O) groups is 1. The van der Waals surface area contributed by atoms with Gasteiger partial charge in [0.2, 0.25) is 15.9 Å². The number of anilines is 2. The summed E-state index contributed by atoms with van der Waals surface area (Å²) in [6.07, 6.45) is 10.2. The maximum Gasteiger partial charge on any atom is 0.322 e. The van der Waals surface area contributed by atoms with Crippen LogP contribution in [0.25, 0.3) is 0 Å². The van der Waals surface area contributed by atoms with E-state index in [1.807, 2.05) is 30.3 Å². The van der Waals surface area contributed by atoms with Crippen molar-refractivity contribution in [2.45, 2.75) is 45.2 Å². The third kappa shape index (κ3) is 8.69. The van der Waals surface area contributed by atoms with Crippen molar-refractivity contribution in [1.29, 1.82) is 0 Å². The molecule has 3 aromatic rings. The van der Waals surface area contributed by atoms with Crippen LogP contribution < -0.4 is 14.8 Å². The Morgan fingerprint density at radius 1 is 1.10 bits per heavy atom. The van der Waals surface area contributed by atoms with Crippen LogP contribution in [-0.2, 0) is 23.6 Å². The molecule has 2 amide bonds. The molecular formula is C27H37N7O4S. The first-order chi connectivity index (χ1) is 18.7. The molecule has 0 atom stereocenters. The van der Waals surface area contributed by atoms with Gasteiger partial charge in [-0.05, 0) is 49.1 Å². The Morgan fingerprint density at radius 2 is 1.85 bits per heavy atom. The molecule has 39 heavy (non-hydrogen) atoms. The van der Waals surface area contributed by atoms with Crippen molar-refractivity contribution >= 4 is 27.4 Å². The molecule has 2 N–H and O–H groups in total. The van der Waals surface area contributed by atoms with E-state index in [0.717, 1.165) is 63.7 Å². The summed E-state index contributed by atoms with van der Waals surface area (Å²) in [5.41, 5.74) is 2.27. The number of hydrogen-bond donors (Lipinski definition) is 2. The van der Waals surface area contributed by atoms with Crippen LogP contribution in [0.4, 0.5) is 16.2 Å². The van der Waals surface area contributed by atoms with Crippen LogP contribution in [0.3, 0.4) is 0 Å². The molecule has 0 bridgehead atoms. The van der Waals surface area contributed by atoms with Crippen LogP contribution in [0, 0.1) is 0 Å². The van der Waals surface area contributed by atoms with E-state index < -0.39 is 10.0 Å². The van der Waals surface area contributed by atoms with Gasteiger partial charge in [0, 0.05) is 63.4 Å². The van der Waals surface area contributed by atoms with Crippen molar-refractivity contribution in [2.75, 3.05) is 35.9 Å². The summed E-state index contributed by atoms with van der Waals surface area (Å²) in [5, 5.41) is 7.13. The van der Waals surface area contributed by atoms with Gasteiger partial charge in [0.1, 0.15) is 5.75 Å². The lowest BCUT2D eigenvalue weighted by molar-refractivity contribution is 0.122. The summed E-state index contributed by atoms with van der Waals surface area (Å²) in [4.78, 5) is 21.9. The van der Waals surface area contributed by atoms with E-state index in [0.29, 0.717) is 23.0 Å². The van der Waals surface area contributed by atoms with E-state index in [1.165, 1.54) is 0 Å². The molecule has 3 heterocycles. The average molecular weight is 556 g/mol. The summed E-state index contributed by atoms with van der Waals surface area (Å²) in [7, 11) is -1.49.